The molecule has 1 aliphatic heterocycles. The third-order valence-corrected chi connectivity index (χ3v) is 5.82. The third-order valence-electron chi connectivity index (χ3n) is 5.82. The molecule has 1 aromatic carbocycles. The Morgan fingerprint density at radius 1 is 1.06 bits per heavy atom. The molecule has 1 aromatic rings. The van der Waals surface area contributed by atoms with Crippen LogP contribution in [0.1, 0.15) is 48.0 Å². The van der Waals surface area contributed by atoms with Gasteiger partial charge in [-0.2, -0.15) is 0 Å². The highest BCUT2D eigenvalue weighted by atomic mass is 16.4. The van der Waals surface area contributed by atoms with E-state index in [9.17, 15) is 24.3 Å². The summed E-state index contributed by atoms with van der Waals surface area (Å²) in [7, 11) is 0. The van der Waals surface area contributed by atoms with E-state index >= 15 is 0 Å². The van der Waals surface area contributed by atoms with Crippen LogP contribution < -0.4 is 20.9 Å². The van der Waals surface area contributed by atoms with Crippen LogP contribution in [0, 0.1) is 17.8 Å². The number of nitrogens with one attached hydrogen (secondary N) is 3. The molecule has 0 fully saturated rings. The Morgan fingerprint density at radius 2 is 1.69 bits per heavy atom. The summed E-state index contributed by atoms with van der Waals surface area (Å²) in [6, 6.07) is 3.59. The van der Waals surface area contributed by atoms with Gasteiger partial charge in [-0.05, 0) is 29.9 Å². The van der Waals surface area contributed by atoms with Crippen LogP contribution in [0.2, 0.25) is 0 Å². The number of para-hydroxylation sites is 2. The van der Waals surface area contributed by atoms with Crippen LogP contribution >= 0.6 is 0 Å². The second kappa shape index (κ2) is 10.5. The van der Waals surface area contributed by atoms with Gasteiger partial charge in [0.25, 0.3) is 0 Å². The van der Waals surface area contributed by atoms with E-state index < -0.39 is 36.0 Å². The van der Waals surface area contributed by atoms with Gasteiger partial charge in [0.2, 0.25) is 11.8 Å². The Kier molecular flexibility index (Phi) is 8.24. The summed E-state index contributed by atoms with van der Waals surface area (Å²) in [5.41, 5.74) is 1.05. The zero-order valence-electron chi connectivity index (χ0n) is 19.5. The van der Waals surface area contributed by atoms with E-state index in [4.69, 9.17) is 0 Å². The number of carbonyl (C=O) groups excluding carboxylic acids is 3. The van der Waals surface area contributed by atoms with E-state index in [0.717, 1.165) is 0 Å². The lowest BCUT2D eigenvalue weighted by atomic mass is 9.96. The molecule has 0 unspecified atom stereocenters. The predicted octanol–water partition coefficient (Wildman–Crippen LogP) is 2.82. The van der Waals surface area contributed by atoms with Crippen molar-refractivity contribution in [3.63, 3.8) is 0 Å². The van der Waals surface area contributed by atoms with E-state index in [1.54, 1.807) is 45.0 Å². The Hall–Kier alpha value is -3.10. The average Bonchev–Trinajstić information content (AvgIpc) is 2.73. The molecule has 0 aromatic heterocycles. The highest BCUT2D eigenvalue weighted by Gasteiger charge is 2.40. The lowest BCUT2D eigenvalue weighted by Gasteiger charge is -2.39. The zero-order valence-corrected chi connectivity index (χ0v) is 19.5. The van der Waals surface area contributed by atoms with Crippen molar-refractivity contribution in [1.29, 1.82) is 0 Å². The molecule has 2 rings (SSSR count). The van der Waals surface area contributed by atoms with Crippen LogP contribution in [0.3, 0.4) is 0 Å². The van der Waals surface area contributed by atoms with Crippen LogP contribution in [-0.4, -0.2) is 47.0 Å². The molecule has 0 aliphatic carbocycles. The minimum Gasteiger partial charge on any atom is -0.480 e. The Bertz CT molecular complexity index is 870. The van der Waals surface area contributed by atoms with Gasteiger partial charge in [0.1, 0.15) is 18.1 Å². The van der Waals surface area contributed by atoms with E-state index in [-0.39, 0.29) is 23.7 Å². The van der Waals surface area contributed by atoms with Gasteiger partial charge in [-0.25, -0.2) is 9.59 Å². The summed E-state index contributed by atoms with van der Waals surface area (Å²) in [4.78, 5) is 52.1. The Morgan fingerprint density at radius 3 is 2.22 bits per heavy atom. The summed E-state index contributed by atoms with van der Waals surface area (Å²) < 4.78 is 0. The standard InChI is InChI=1S/C23H34N4O5/c1-7-14(6)18(22(30)31)25-20(28)17(12(2)3)26-23(32)27-16-11-9-8-10-15(16)24-21(29)19(27)13(4)5/h8-14,17-19H,7H2,1-6H3,(H,24,29)(H,25,28)(H,26,32)(H,30,31)/t14-,17+,18-,19+/m0/s1. The maximum absolute atomic E-state index is 13.4. The van der Waals surface area contributed by atoms with Gasteiger partial charge in [-0.15, -0.1) is 0 Å². The molecule has 4 N–H and O–H groups in total. The van der Waals surface area contributed by atoms with E-state index in [2.05, 4.69) is 16.0 Å². The van der Waals surface area contributed by atoms with E-state index in [0.29, 0.717) is 17.8 Å². The Balaban J connectivity index is 2.32. The molecular formula is C23H34N4O5. The van der Waals surface area contributed by atoms with Crippen molar-refractivity contribution in [2.45, 2.75) is 66.1 Å². The number of anilines is 2. The first-order chi connectivity index (χ1) is 15.0. The largest absolute Gasteiger partial charge is 0.480 e. The molecule has 32 heavy (non-hydrogen) atoms. The second-order valence-electron chi connectivity index (χ2n) is 8.95. The summed E-state index contributed by atoms with van der Waals surface area (Å²) in [5, 5.41) is 17.6. The van der Waals surface area contributed by atoms with Gasteiger partial charge in [-0.1, -0.05) is 60.1 Å². The summed E-state index contributed by atoms with van der Waals surface area (Å²) >= 11 is 0. The number of carboxylic acid groups (broad SMARTS) is 1. The van der Waals surface area contributed by atoms with Crippen LogP contribution in [0.5, 0.6) is 0 Å². The third kappa shape index (κ3) is 5.38. The van der Waals surface area contributed by atoms with E-state index in [1.807, 2.05) is 20.8 Å². The van der Waals surface area contributed by atoms with Crippen molar-refractivity contribution < 1.29 is 24.3 Å². The van der Waals surface area contributed by atoms with Crippen LogP contribution in [0.4, 0.5) is 16.2 Å². The number of benzene rings is 1. The number of rotatable bonds is 8. The zero-order chi connectivity index (χ0) is 24.2. The number of fused-ring (bicyclic) bond motifs is 1. The minimum atomic E-state index is -1.12. The maximum atomic E-state index is 13.4. The van der Waals surface area contributed by atoms with Crippen molar-refractivity contribution in [2.75, 3.05) is 10.2 Å². The second-order valence-corrected chi connectivity index (χ2v) is 8.95. The molecule has 1 aliphatic rings. The van der Waals surface area contributed by atoms with Crippen molar-refractivity contribution in [1.82, 2.24) is 10.6 Å². The highest BCUT2D eigenvalue weighted by molar-refractivity contribution is 6.12. The number of urea groups is 1. The molecule has 0 bridgehead atoms. The van der Waals surface area contributed by atoms with Crippen molar-refractivity contribution in [3.05, 3.63) is 24.3 Å². The van der Waals surface area contributed by atoms with Gasteiger partial charge >= 0.3 is 12.0 Å². The number of amides is 4. The maximum Gasteiger partial charge on any atom is 0.326 e. The lowest BCUT2D eigenvalue weighted by Crippen LogP contribution is -2.61. The molecule has 0 spiro atoms. The fourth-order valence-corrected chi connectivity index (χ4v) is 3.76. The van der Waals surface area contributed by atoms with Gasteiger partial charge in [0, 0.05) is 0 Å². The quantitative estimate of drug-likeness (QED) is 0.488. The topological polar surface area (TPSA) is 128 Å². The molecule has 4 amide bonds. The minimum absolute atomic E-state index is 0.178. The smallest absolute Gasteiger partial charge is 0.326 e. The molecule has 1 heterocycles. The van der Waals surface area contributed by atoms with Gasteiger partial charge < -0.3 is 21.1 Å². The molecular weight excluding hydrogens is 412 g/mol. The predicted molar refractivity (Wildman–Crippen MR) is 122 cm³/mol. The summed E-state index contributed by atoms with van der Waals surface area (Å²) in [6.45, 7) is 10.8. The molecule has 0 saturated carbocycles. The molecule has 0 saturated heterocycles. The van der Waals surface area contributed by atoms with Crippen molar-refractivity contribution in [3.8, 4) is 0 Å². The van der Waals surface area contributed by atoms with Gasteiger partial charge in [-0.3, -0.25) is 14.5 Å². The normalized spacial score (nSPS) is 18.4. The number of aliphatic carboxylic acids is 1. The monoisotopic (exact) mass is 446 g/mol. The van der Waals surface area contributed by atoms with Crippen molar-refractivity contribution >= 4 is 35.2 Å². The fourth-order valence-electron chi connectivity index (χ4n) is 3.76. The molecule has 0 radical (unpaired) electrons. The first-order valence-electron chi connectivity index (χ1n) is 11.0. The fraction of sp³-hybridized carbons (Fsp3) is 0.565. The van der Waals surface area contributed by atoms with Crippen LogP contribution in [0.15, 0.2) is 24.3 Å². The highest BCUT2D eigenvalue weighted by Crippen LogP contribution is 2.34. The number of nitrogens with zero attached hydrogens (tertiary/aromatic N) is 1. The average molecular weight is 447 g/mol. The number of carboxylic acids is 1. The number of carbonyl (C=O) groups is 4. The SMILES string of the molecule is CC[C@H](C)[C@H](NC(=O)[C@H](NC(=O)N1c2ccccc2NC(=O)[C@H]1C(C)C)C(C)C)C(=O)O. The van der Waals surface area contributed by atoms with Crippen LogP contribution in [0.25, 0.3) is 0 Å². The first kappa shape index (κ1) is 25.2. The van der Waals surface area contributed by atoms with Crippen molar-refractivity contribution in [2.24, 2.45) is 17.8 Å². The molecule has 4 atom stereocenters. The number of hydrogen-bond donors (Lipinski definition) is 4. The first-order valence-corrected chi connectivity index (χ1v) is 11.0. The molecule has 9 nitrogen and oxygen atoms in total. The summed E-state index contributed by atoms with van der Waals surface area (Å²) in [6.07, 6.45) is 0.575. The van der Waals surface area contributed by atoms with Gasteiger partial charge in [0.15, 0.2) is 0 Å². The Labute approximate surface area is 188 Å². The molecule has 9 heteroatoms. The number of hydrogen-bond acceptors (Lipinski definition) is 4. The molecule has 176 valence electrons. The van der Waals surface area contributed by atoms with Crippen LogP contribution in [-0.2, 0) is 14.4 Å². The summed E-state index contributed by atoms with van der Waals surface area (Å²) in [5.74, 6) is -2.76. The van der Waals surface area contributed by atoms with E-state index in [1.165, 1.54) is 4.90 Å². The lowest BCUT2D eigenvalue weighted by molar-refractivity contribution is -0.143. The van der Waals surface area contributed by atoms with Gasteiger partial charge in [0.05, 0.1) is 11.4 Å².